The molecule has 0 amide bonds. The standard InChI is InChI=1S/C23H22F3NO5S/c1-31-17-2-4-18(5-3-17)32-19-6-8-20(9-7-19)33(29,30)27-13-16(14-28)10-15-11-21(24)23(26)22(25)12-15/h2-9,11-12,16,27-28H,10,13-14H2,1H3. The van der Waals surface area contributed by atoms with Crippen LogP contribution >= 0.6 is 0 Å². The maximum atomic E-state index is 13.4. The minimum Gasteiger partial charge on any atom is -0.497 e. The van der Waals surface area contributed by atoms with E-state index in [1.165, 1.54) is 24.3 Å². The molecule has 2 N–H and O–H groups in total. The predicted octanol–water partition coefficient (Wildman–Crippen LogP) is 4.03. The molecule has 0 bridgehead atoms. The van der Waals surface area contributed by atoms with Gasteiger partial charge in [0.2, 0.25) is 10.0 Å². The van der Waals surface area contributed by atoms with Gasteiger partial charge < -0.3 is 14.6 Å². The fourth-order valence-electron chi connectivity index (χ4n) is 3.04. The normalized spacial score (nSPS) is 12.4. The first-order valence-corrected chi connectivity index (χ1v) is 11.4. The lowest BCUT2D eigenvalue weighted by Gasteiger charge is -2.16. The highest BCUT2D eigenvalue weighted by Crippen LogP contribution is 2.25. The van der Waals surface area contributed by atoms with E-state index in [0.717, 1.165) is 12.1 Å². The molecular weight excluding hydrogens is 459 g/mol. The molecule has 0 saturated carbocycles. The first-order chi connectivity index (χ1) is 15.7. The van der Waals surface area contributed by atoms with E-state index in [1.807, 2.05) is 0 Å². The van der Waals surface area contributed by atoms with Gasteiger partial charge in [-0.15, -0.1) is 0 Å². The summed E-state index contributed by atoms with van der Waals surface area (Å²) >= 11 is 0. The Balaban J connectivity index is 1.61. The van der Waals surface area contributed by atoms with Crippen molar-refractivity contribution in [1.29, 1.82) is 0 Å². The molecule has 0 aliphatic heterocycles. The molecule has 3 aromatic rings. The highest BCUT2D eigenvalue weighted by atomic mass is 32.2. The minimum absolute atomic E-state index is 0.0276. The van der Waals surface area contributed by atoms with Gasteiger partial charge in [-0.3, -0.25) is 0 Å². The molecular formula is C23H22F3NO5S. The molecule has 0 fully saturated rings. The average Bonchev–Trinajstić information content (AvgIpc) is 2.81. The zero-order valence-corrected chi connectivity index (χ0v) is 18.4. The Bertz CT molecular complexity index is 1160. The number of halogens is 3. The van der Waals surface area contributed by atoms with Crippen LogP contribution < -0.4 is 14.2 Å². The van der Waals surface area contributed by atoms with Gasteiger partial charge in [0.1, 0.15) is 17.2 Å². The molecule has 0 aliphatic rings. The molecule has 33 heavy (non-hydrogen) atoms. The van der Waals surface area contributed by atoms with Crippen LogP contribution in [0.25, 0.3) is 0 Å². The number of hydrogen-bond donors (Lipinski definition) is 2. The maximum absolute atomic E-state index is 13.4. The lowest BCUT2D eigenvalue weighted by molar-refractivity contribution is 0.226. The first-order valence-electron chi connectivity index (χ1n) is 9.87. The first kappa shape index (κ1) is 24.6. The van der Waals surface area contributed by atoms with Crippen molar-refractivity contribution in [3.8, 4) is 17.2 Å². The van der Waals surface area contributed by atoms with Crippen molar-refractivity contribution >= 4 is 10.0 Å². The molecule has 0 aliphatic carbocycles. The van der Waals surface area contributed by atoms with E-state index in [9.17, 15) is 26.7 Å². The molecule has 1 unspecified atom stereocenters. The van der Waals surface area contributed by atoms with Crippen molar-refractivity contribution in [2.45, 2.75) is 11.3 Å². The fraction of sp³-hybridized carbons (Fsp3) is 0.217. The summed E-state index contributed by atoms with van der Waals surface area (Å²) < 4.78 is 78.1. The van der Waals surface area contributed by atoms with Crippen LogP contribution in [0.3, 0.4) is 0 Å². The van der Waals surface area contributed by atoms with Crippen molar-refractivity contribution in [3.05, 3.63) is 83.7 Å². The third kappa shape index (κ3) is 6.47. The Kier molecular flexibility index (Phi) is 7.96. The van der Waals surface area contributed by atoms with E-state index in [0.29, 0.717) is 17.2 Å². The maximum Gasteiger partial charge on any atom is 0.240 e. The van der Waals surface area contributed by atoms with Crippen molar-refractivity contribution in [1.82, 2.24) is 4.72 Å². The number of hydrogen-bond acceptors (Lipinski definition) is 5. The lowest BCUT2D eigenvalue weighted by Crippen LogP contribution is -2.32. The van der Waals surface area contributed by atoms with Crippen molar-refractivity contribution in [2.75, 3.05) is 20.3 Å². The third-order valence-corrected chi connectivity index (χ3v) is 6.26. The smallest absolute Gasteiger partial charge is 0.240 e. The summed E-state index contributed by atoms with van der Waals surface area (Å²) in [4.78, 5) is -0.0276. The molecule has 3 rings (SSSR count). The summed E-state index contributed by atoms with van der Waals surface area (Å²) in [5.41, 5.74) is 0.102. The van der Waals surface area contributed by atoms with E-state index in [2.05, 4.69) is 4.72 Å². The number of benzene rings is 3. The van der Waals surface area contributed by atoms with Gasteiger partial charge in [-0.2, -0.15) is 0 Å². The van der Waals surface area contributed by atoms with Crippen LogP contribution in [0.2, 0.25) is 0 Å². The Labute approximate surface area is 189 Å². The van der Waals surface area contributed by atoms with Crippen LogP contribution in [0.5, 0.6) is 17.2 Å². The third-order valence-electron chi connectivity index (χ3n) is 4.82. The van der Waals surface area contributed by atoms with Crippen molar-refractivity contribution in [2.24, 2.45) is 5.92 Å². The van der Waals surface area contributed by atoms with Crippen LogP contribution in [0.1, 0.15) is 5.56 Å². The molecule has 6 nitrogen and oxygen atoms in total. The zero-order chi connectivity index (χ0) is 24.0. The van der Waals surface area contributed by atoms with E-state index in [1.54, 1.807) is 31.4 Å². The molecule has 0 spiro atoms. The lowest BCUT2D eigenvalue weighted by atomic mass is 10.00. The molecule has 10 heteroatoms. The average molecular weight is 481 g/mol. The number of aliphatic hydroxyl groups excluding tert-OH is 1. The Morgan fingerprint density at radius 2 is 1.42 bits per heavy atom. The second-order valence-electron chi connectivity index (χ2n) is 7.23. The summed E-state index contributed by atoms with van der Waals surface area (Å²) in [6, 6.07) is 14.2. The van der Waals surface area contributed by atoms with Crippen LogP contribution in [-0.4, -0.2) is 33.8 Å². The van der Waals surface area contributed by atoms with Gasteiger partial charge in [0.05, 0.1) is 12.0 Å². The summed E-state index contributed by atoms with van der Waals surface area (Å²) in [7, 11) is -2.37. The molecule has 0 aromatic heterocycles. The van der Waals surface area contributed by atoms with Crippen LogP contribution in [-0.2, 0) is 16.4 Å². The van der Waals surface area contributed by atoms with Gasteiger partial charge in [0.15, 0.2) is 17.5 Å². The van der Waals surface area contributed by atoms with Crippen LogP contribution in [0.15, 0.2) is 65.6 Å². The Hall–Kier alpha value is -3.08. The van der Waals surface area contributed by atoms with E-state index < -0.39 is 40.0 Å². The quantitative estimate of drug-likeness (QED) is 0.427. The van der Waals surface area contributed by atoms with Crippen LogP contribution in [0.4, 0.5) is 13.2 Å². The number of aliphatic hydroxyl groups is 1. The summed E-state index contributed by atoms with van der Waals surface area (Å²) in [6.07, 6.45) is -0.0538. The topological polar surface area (TPSA) is 84.9 Å². The minimum atomic E-state index is -3.92. The summed E-state index contributed by atoms with van der Waals surface area (Å²) in [5.74, 6) is -3.32. The second kappa shape index (κ2) is 10.7. The number of ether oxygens (including phenoxy) is 2. The largest absolute Gasteiger partial charge is 0.497 e. The predicted molar refractivity (Wildman–Crippen MR) is 115 cm³/mol. The van der Waals surface area contributed by atoms with Crippen molar-refractivity contribution in [3.63, 3.8) is 0 Å². The zero-order valence-electron chi connectivity index (χ0n) is 17.6. The fourth-order valence-corrected chi connectivity index (χ4v) is 4.15. The Morgan fingerprint density at radius 1 is 0.909 bits per heavy atom. The molecule has 176 valence electrons. The highest BCUT2D eigenvalue weighted by Gasteiger charge is 2.19. The van der Waals surface area contributed by atoms with Crippen LogP contribution in [0, 0.1) is 23.4 Å². The SMILES string of the molecule is COc1ccc(Oc2ccc(S(=O)(=O)NCC(CO)Cc3cc(F)c(F)c(F)c3)cc2)cc1. The number of methoxy groups -OCH3 is 1. The van der Waals surface area contributed by atoms with E-state index >= 15 is 0 Å². The van der Waals surface area contributed by atoms with Gasteiger partial charge in [-0.05, 0) is 78.6 Å². The van der Waals surface area contributed by atoms with Gasteiger partial charge in [-0.1, -0.05) is 0 Å². The van der Waals surface area contributed by atoms with Gasteiger partial charge in [-0.25, -0.2) is 26.3 Å². The summed E-state index contributed by atoms with van der Waals surface area (Å²) in [6.45, 7) is -0.638. The van der Waals surface area contributed by atoms with E-state index in [-0.39, 0.29) is 23.4 Å². The number of sulfonamides is 1. The Morgan fingerprint density at radius 3 is 1.94 bits per heavy atom. The van der Waals surface area contributed by atoms with Gasteiger partial charge in [0.25, 0.3) is 0 Å². The molecule has 0 saturated heterocycles. The monoisotopic (exact) mass is 481 g/mol. The molecule has 0 heterocycles. The van der Waals surface area contributed by atoms with Crippen molar-refractivity contribution < 1.29 is 36.2 Å². The number of rotatable bonds is 10. The van der Waals surface area contributed by atoms with E-state index in [4.69, 9.17) is 9.47 Å². The molecule has 0 radical (unpaired) electrons. The van der Waals surface area contributed by atoms with Gasteiger partial charge in [0, 0.05) is 13.2 Å². The summed E-state index contributed by atoms with van der Waals surface area (Å²) in [5, 5.41) is 9.54. The molecule has 1 atom stereocenters. The molecule has 3 aromatic carbocycles. The highest BCUT2D eigenvalue weighted by molar-refractivity contribution is 7.89. The number of nitrogens with one attached hydrogen (secondary N) is 1. The second-order valence-corrected chi connectivity index (χ2v) is 8.99. The van der Waals surface area contributed by atoms with Gasteiger partial charge >= 0.3 is 0 Å².